The Morgan fingerprint density at radius 3 is 2.00 bits per heavy atom. The molecule has 0 radical (unpaired) electrons. The predicted octanol–water partition coefficient (Wildman–Crippen LogP) is 4.75. The minimum atomic E-state index is -3.76. The molecule has 0 spiro atoms. The van der Waals surface area contributed by atoms with Crippen LogP contribution in [-0.4, -0.2) is 29.4 Å². The summed E-state index contributed by atoms with van der Waals surface area (Å²) in [5, 5.41) is 0.0654. The summed E-state index contributed by atoms with van der Waals surface area (Å²) in [6.45, 7) is 16.8. The Labute approximate surface area is 148 Å². The molecule has 0 amide bonds. The fourth-order valence-electron chi connectivity index (χ4n) is 1.85. The summed E-state index contributed by atoms with van der Waals surface area (Å²) in [5.74, 6) is 0.173. The van der Waals surface area contributed by atoms with Crippen LogP contribution in [0.1, 0.15) is 40.2 Å². The maximum absolute atomic E-state index is 12.4. The Bertz CT molecular complexity index is 628. The molecule has 0 aliphatic carbocycles. The quantitative estimate of drug-likeness (QED) is 0.512. The second-order valence-electron chi connectivity index (χ2n) is 8.21. The predicted molar refractivity (Wildman–Crippen MR) is 101 cm³/mol. The maximum Gasteiger partial charge on any atom is 0.297 e. The normalized spacial score (nSPS) is 14.9. The molecule has 4 nitrogen and oxygen atoms in total. The molecule has 6 heteroatoms. The molecule has 0 bridgehead atoms. The summed E-state index contributed by atoms with van der Waals surface area (Å²) in [6, 6.07) is 6.68. The molecule has 0 N–H and O–H groups in total. The highest BCUT2D eigenvalue weighted by molar-refractivity contribution is 7.86. The van der Waals surface area contributed by atoms with Crippen LogP contribution in [0, 0.1) is 12.8 Å². The molecule has 1 rings (SSSR count). The lowest BCUT2D eigenvalue weighted by molar-refractivity contribution is 0.0813. The largest absolute Gasteiger partial charge is 0.411 e. The summed E-state index contributed by atoms with van der Waals surface area (Å²) >= 11 is 0. The van der Waals surface area contributed by atoms with Crippen molar-refractivity contribution in [1.82, 2.24) is 0 Å². The van der Waals surface area contributed by atoms with Crippen LogP contribution < -0.4 is 0 Å². The maximum atomic E-state index is 12.4. The molecule has 1 aromatic rings. The van der Waals surface area contributed by atoms with Crippen molar-refractivity contribution in [3.63, 3.8) is 0 Å². The van der Waals surface area contributed by atoms with E-state index in [1.165, 1.54) is 0 Å². The van der Waals surface area contributed by atoms with Gasteiger partial charge in [0.25, 0.3) is 10.1 Å². The molecular formula is C18H32O4SSi. The van der Waals surface area contributed by atoms with E-state index in [1.807, 2.05) is 20.8 Å². The lowest BCUT2D eigenvalue weighted by Crippen LogP contribution is -2.46. The highest BCUT2D eigenvalue weighted by atomic mass is 32.2. The van der Waals surface area contributed by atoms with E-state index in [1.54, 1.807) is 24.3 Å². The summed E-state index contributed by atoms with van der Waals surface area (Å²) in [7, 11) is -5.75. The number of benzene rings is 1. The standard InChI is InChI=1S/C18H32O4SSi/c1-14(2)17(22-24(7,8)18(4,5)6)13-21-23(19,20)16-11-9-15(3)10-12-16/h9-12,14,17H,13H2,1-8H3/t17-/m1/s1. The Balaban J connectivity index is 2.85. The first kappa shape index (κ1) is 21.3. The van der Waals surface area contributed by atoms with E-state index in [0.29, 0.717) is 0 Å². The molecule has 138 valence electrons. The third kappa shape index (κ3) is 5.69. The molecule has 0 aromatic heterocycles. The van der Waals surface area contributed by atoms with Crippen LogP contribution in [0.15, 0.2) is 29.2 Å². The highest BCUT2D eigenvalue weighted by Gasteiger charge is 2.40. The molecule has 0 heterocycles. The topological polar surface area (TPSA) is 52.6 Å². The molecular weight excluding hydrogens is 340 g/mol. The van der Waals surface area contributed by atoms with E-state index in [2.05, 4.69) is 33.9 Å². The zero-order valence-corrected chi connectivity index (χ0v) is 18.0. The van der Waals surface area contributed by atoms with E-state index in [4.69, 9.17) is 8.61 Å². The van der Waals surface area contributed by atoms with Crippen LogP contribution in [0.4, 0.5) is 0 Å². The van der Waals surface area contributed by atoms with Crippen molar-refractivity contribution in [3.05, 3.63) is 29.8 Å². The zero-order valence-electron chi connectivity index (χ0n) is 16.2. The van der Waals surface area contributed by atoms with Crippen LogP contribution in [-0.2, 0) is 18.7 Å². The van der Waals surface area contributed by atoms with Crippen molar-refractivity contribution in [2.45, 2.75) is 70.7 Å². The summed E-state index contributed by atoms with van der Waals surface area (Å²) < 4.78 is 36.4. The van der Waals surface area contributed by atoms with Gasteiger partial charge < -0.3 is 4.43 Å². The smallest absolute Gasteiger partial charge is 0.297 e. The second-order valence-corrected chi connectivity index (χ2v) is 14.6. The van der Waals surface area contributed by atoms with Gasteiger partial charge in [-0.05, 0) is 43.1 Å². The molecule has 1 atom stereocenters. The SMILES string of the molecule is Cc1ccc(S(=O)(=O)OC[C@@H](O[Si](C)(C)C(C)(C)C)C(C)C)cc1. The first-order valence-electron chi connectivity index (χ1n) is 8.40. The Morgan fingerprint density at radius 2 is 1.58 bits per heavy atom. The van der Waals surface area contributed by atoms with Crippen molar-refractivity contribution in [2.75, 3.05) is 6.61 Å². The third-order valence-electron chi connectivity index (χ3n) is 4.69. The molecule has 0 aliphatic rings. The van der Waals surface area contributed by atoms with Gasteiger partial charge in [-0.2, -0.15) is 8.42 Å². The molecule has 0 saturated carbocycles. The molecule has 0 saturated heterocycles. The van der Waals surface area contributed by atoms with E-state index in [-0.39, 0.29) is 28.6 Å². The van der Waals surface area contributed by atoms with Gasteiger partial charge in [-0.3, -0.25) is 4.18 Å². The van der Waals surface area contributed by atoms with Crippen molar-refractivity contribution >= 4 is 18.4 Å². The van der Waals surface area contributed by atoms with Gasteiger partial charge in [0.1, 0.15) is 0 Å². The monoisotopic (exact) mass is 372 g/mol. The van der Waals surface area contributed by atoms with Gasteiger partial charge in [-0.1, -0.05) is 52.3 Å². The second kappa shape index (κ2) is 7.68. The Kier molecular flexibility index (Phi) is 6.83. The van der Waals surface area contributed by atoms with Gasteiger partial charge in [-0.15, -0.1) is 0 Å². The van der Waals surface area contributed by atoms with Crippen molar-refractivity contribution in [1.29, 1.82) is 0 Å². The van der Waals surface area contributed by atoms with Crippen molar-refractivity contribution in [2.24, 2.45) is 5.92 Å². The number of aryl methyl sites for hydroxylation is 1. The van der Waals surface area contributed by atoms with E-state index >= 15 is 0 Å². The van der Waals surface area contributed by atoms with Gasteiger partial charge in [0.15, 0.2) is 8.32 Å². The van der Waals surface area contributed by atoms with Gasteiger partial charge in [0.05, 0.1) is 17.6 Å². The first-order valence-corrected chi connectivity index (χ1v) is 12.7. The van der Waals surface area contributed by atoms with Crippen LogP contribution in [0.3, 0.4) is 0 Å². The number of hydrogen-bond acceptors (Lipinski definition) is 4. The van der Waals surface area contributed by atoms with Crippen LogP contribution >= 0.6 is 0 Å². The van der Waals surface area contributed by atoms with Crippen LogP contribution in [0.2, 0.25) is 18.1 Å². The fraction of sp³-hybridized carbons (Fsp3) is 0.667. The number of rotatable bonds is 7. The fourth-order valence-corrected chi connectivity index (χ4v) is 4.22. The summed E-state index contributed by atoms with van der Waals surface area (Å²) in [4.78, 5) is 0.183. The minimum absolute atomic E-state index is 0.0421. The van der Waals surface area contributed by atoms with Gasteiger partial charge in [0.2, 0.25) is 0 Å². The zero-order chi connectivity index (χ0) is 18.8. The molecule has 1 aromatic carbocycles. The summed E-state index contributed by atoms with van der Waals surface area (Å²) in [6.07, 6.45) is -0.244. The van der Waals surface area contributed by atoms with E-state index in [0.717, 1.165) is 5.56 Å². The lowest BCUT2D eigenvalue weighted by Gasteiger charge is -2.40. The van der Waals surface area contributed by atoms with Gasteiger partial charge in [0, 0.05) is 0 Å². The van der Waals surface area contributed by atoms with Crippen LogP contribution in [0.25, 0.3) is 0 Å². The highest BCUT2D eigenvalue weighted by Crippen LogP contribution is 2.38. The van der Waals surface area contributed by atoms with Crippen LogP contribution in [0.5, 0.6) is 0 Å². The number of hydrogen-bond donors (Lipinski definition) is 0. The average molecular weight is 373 g/mol. The molecule has 0 aliphatic heterocycles. The van der Waals surface area contributed by atoms with Crippen molar-refractivity contribution < 1.29 is 17.0 Å². The van der Waals surface area contributed by atoms with E-state index in [9.17, 15) is 8.42 Å². The van der Waals surface area contributed by atoms with Gasteiger partial charge in [-0.25, -0.2) is 0 Å². The average Bonchev–Trinajstić information content (AvgIpc) is 2.42. The molecule has 0 unspecified atom stereocenters. The third-order valence-corrected chi connectivity index (χ3v) is 10.5. The Morgan fingerprint density at radius 1 is 1.08 bits per heavy atom. The molecule has 24 heavy (non-hydrogen) atoms. The van der Waals surface area contributed by atoms with Gasteiger partial charge >= 0.3 is 0 Å². The molecule has 0 fully saturated rings. The Hall–Kier alpha value is -0.693. The first-order chi connectivity index (χ1) is 10.8. The van der Waals surface area contributed by atoms with E-state index < -0.39 is 18.4 Å². The lowest BCUT2D eigenvalue weighted by atomic mass is 10.1. The summed E-state index contributed by atoms with van der Waals surface area (Å²) in [5.41, 5.74) is 1.01. The van der Waals surface area contributed by atoms with Crippen molar-refractivity contribution in [3.8, 4) is 0 Å². The minimum Gasteiger partial charge on any atom is -0.411 e.